The van der Waals surface area contributed by atoms with Crippen LogP contribution in [-0.4, -0.2) is 16.9 Å². The van der Waals surface area contributed by atoms with Crippen molar-refractivity contribution in [3.63, 3.8) is 0 Å². The number of thiazole rings is 1. The van der Waals surface area contributed by atoms with Crippen LogP contribution in [0.2, 0.25) is 0 Å². The Morgan fingerprint density at radius 3 is 2.72 bits per heavy atom. The van der Waals surface area contributed by atoms with Crippen LogP contribution in [0.5, 0.6) is 0 Å². The van der Waals surface area contributed by atoms with E-state index < -0.39 is 0 Å². The van der Waals surface area contributed by atoms with Gasteiger partial charge in [0.25, 0.3) is 0 Å². The monoisotopic (exact) mass is 351 g/mol. The summed E-state index contributed by atoms with van der Waals surface area (Å²) in [6.45, 7) is 6.10. The highest BCUT2D eigenvalue weighted by molar-refractivity contribution is 7.07. The van der Waals surface area contributed by atoms with E-state index in [1.54, 1.807) is 12.1 Å². The average molecular weight is 351 g/mol. The van der Waals surface area contributed by atoms with E-state index in [1.165, 1.54) is 23.5 Å². The van der Waals surface area contributed by atoms with Crippen LogP contribution >= 0.6 is 11.3 Å². The third-order valence-electron chi connectivity index (χ3n) is 3.60. The smallest absolute Gasteiger partial charge is 0.206 e. The summed E-state index contributed by atoms with van der Waals surface area (Å²) < 4.78 is 15.3. The van der Waals surface area contributed by atoms with Crippen LogP contribution in [0.3, 0.4) is 0 Å². The normalized spacial score (nSPS) is 12.4. The van der Waals surface area contributed by atoms with Crippen molar-refractivity contribution in [3.05, 3.63) is 88.8 Å². The van der Waals surface area contributed by atoms with Crippen LogP contribution in [0.15, 0.2) is 82.7 Å². The molecule has 0 atom stereocenters. The van der Waals surface area contributed by atoms with Gasteiger partial charge in [0.1, 0.15) is 5.82 Å². The molecule has 0 bridgehead atoms. The van der Waals surface area contributed by atoms with Gasteiger partial charge in [0.15, 0.2) is 0 Å². The van der Waals surface area contributed by atoms with Crippen molar-refractivity contribution in [3.8, 4) is 11.3 Å². The van der Waals surface area contributed by atoms with Crippen molar-refractivity contribution >= 4 is 17.0 Å². The molecule has 126 valence electrons. The first-order valence-electron chi connectivity index (χ1n) is 7.88. The minimum absolute atomic E-state index is 0.276. The zero-order valence-electron chi connectivity index (χ0n) is 13.9. The van der Waals surface area contributed by atoms with Crippen LogP contribution < -0.4 is 4.80 Å². The summed E-state index contributed by atoms with van der Waals surface area (Å²) in [6, 6.07) is 16.4. The molecule has 25 heavy (non-hydrogen) atoms. The number of halogens is 1. The number of rotatable bonds is 5. The molecule has 3 nitrogen and oxygen atoms in total. The predicted octanol–water partition coefficient (Wildman–Crippen LogP) is 4.71. The summed E-state index contributed by atoms with van der Waals surface area (Å²) >= 11 is 1.52. The van der Waals surface area contributed by atoms with Gasteiger partial charge in [0.05, 0.1) is 18.0 Å². The molecule has 0 N–H and O–H groups in total. The van der Waals surface area contributed by atoms with Gasteiger partial charge in [-0.2, -0.15) is 5.10 Å². The van der Waals surface area contributed by atoms with Gasteiger partial charge in [-0.25, -0.2) is 9.07 Å². The number of benzene rings is 2. The topological polar surface area (TPSA) is 29.6 Å². The fourth-order valence-electron chi connectivity index (χ4n) is 2.38. The summed E-state index contributed by atoms with van der Waals surface area (Å²) in [5.74, 6) is -0.276. The third-order valence-corrected chi connectivity index (χ3v) is 4.46. The molecule has 0 amide bonds. The van der Waals surface area contributed by atoms with E-state index in [0.29, 0.717) is 6.54 Å². The summed E-state index contributed by atoms with van der Waals surface area (Å²) in [7, 11) is 0. The SMILES string of the molecule is C=CCN=c1scc(-c2ccccc2)n1N=C(C)c1cccc(F)c1. The van der Waals surface area contributed by atoms with Gasteiger partial charge < -0.3 is 0 Å². The fourth-order valence-corrected chi connectivity index (χ4v) is 3.22. The molecule has 0 saturated carbocycles. The molecule has 0 saturated heterocycles. The second-order valence-electron chi connectivity index (χ2n) is 5.41. The maximum absolute atomic E-state index is 13.5. The lowest BCUT2D eigenvalue weighted by molar-refractivity contribution is 0.627. The molecular weight excluding hydrogens is 333 g/mol. The largest absolute Gasteiger partial charge is 0.253 e. The molecule has 1 aromatic heterocycles. The van der Waals surface area contributed by atoms with Crippen LogP contribution in [0.4, 0.5) is 4.39 Å². The summed E-state index contributed by atoms with van der Waals surface area (Å²) in [5.41, 5.74) is 3.46. The van der Waals surface area contributed by atoms with Crippen molar-refractivity contribution in [2.45, 2.75) is 6.92 Å². The van der Waals surface area contributed by atoms with Crippen molar-refractivity contribution in [1.29, 1.82) is 0 Å². The molecule has 0 aliphatic heterocycles. The molecule has 3 aromatic rings. The summed E-state index contributed by atoms with van der Waals surface area (Å²) in [4.78, 5) is 5.29. The molecule has 2 aromatic carbocycles. The van der Waals surface area contributed by atoms with E-state index in [0.717, 1.165) is 27.3 Å². The zero-order chi connectivity index (χ0) is 17.6. The minimum atomic E-state index is -0.276. The van der Waals surface area contributed by atoms with Crippen molar-refractivity contribution in [2.24, 2.45) is 10.1 Å². The van der Waals surface area contributed by atoms with Gasteiger partial charge in [-0.05, 0) is 19.1 Å². The highest BCUT2D eigenvalue weighted by atomic mass is 32.1. The Bertz CT molecular complexity index is 968. The van der Waals surface area contributed by atoms with Gasteiger partial charge in [-0.3, -0.25) is 4.99 Å². The molecule has 0 unspecified atom stereocenters. The molecular formula is C20H18FN3S. The number of aromatic nitrogens is 1. The fraction of sp³-hybridized carbons (Fsp3) is 0.100. The Balaban J connectivity index is 2.14. The summed E-state index contributed by atoms with van der Waals surface area (Å²) in [6.07, 6.45) is 1.75. The number of hydrogen-bond donors (Lipinski definition) is 0. The molecule has 0 radical (unpaired) electrons. The average Bonchev–Trinajstić information content (AvgIpc) is 3.03. The highest BCUT2D eigenvalue weighted by Crippen LogP contribution is 2.20. The van der Waals surface area contributed by atoms with E-state index in [-0.39, 0.29) is 5.82 Å². The van der Waals surface area contributed by atoms with Crippen molar-refractivity contribution in [1.82, 2.24) is 4.68 Å². The maximum Gasteiger partial charge on any atom is 0.206 e. The minimum Gasteiger partial charge on any atom is -0.253 e. The molecule has 0 fully saturated rings. The Morgan fingerprint density at radius 2 is 2.00 bits per heavy atom. The first kappa shape index (κ1) is 17.0. The highest BCUT2D eigenvalue weighted by Gasteiger charge is 2.08. The Hall–Kier alpha value is -2.79. The van der Waals surface area contributed by atoms with Gasteiger partial charge in [0.2, 0.25) is 4.80 Å². The second-order valence-corrected chi connectivity index (χ2v) is 6.24. The number of hydrogen-bond acceptors (Lipinski definition) is 3. The third kappa shape index (κ3) is 4.00. The molecule has 1 heterocycles. The Labute approximate surface area is 150 Å². The summed E-state index contributed by atoms with van der Waals surface area (Å²) in [5, 5.41) is 6.74. The Kier molecular flexibility index (Phi) is 5.36. The Morgan fingerprint density at radius 1 is 1.20 bits per heavy atom. The van der Waals surface area contributed by atoms with Crippen LogP contribution in [0.25, 0.3) is 11.3 Å². The van der Waals surface area contributed by atoms with Crippen LogP contribution in [-0.2, 0) is 0 Å². The lowest BCUT2D eigenvalue weighted by Crippen LogP contribution is -2.14. The van der Waals surface area contributed by atoms with E-state index in [9.17, 15) is 4.39 Å². The first-order valence-corrected chi connectivity index (χ1v) is 8.76. The predicted molar refractivity (Wildman–Crippen MR) is 102 cm³/mol. The number of nitrogens with zero attached hydrogens (tertiary/aromatic N) is 3. The lowest BCUT2D eigenvalue weighted by Gasteiger charge is -2.06. The maximum atomic E-state index is 13.5. The van der Waals surface area contributed by atoms with Crippen molar-refractivity contribution in [2.75, 3.05) is 6.54 Å². The molecule has 5 heteroatoms. The molecule has 3 rings (SSSR count). The quantitative estimate of drug-likeness (QED) is 0.470. The van der Waals surface area contributed by atoms with Crippen LogP contribution in [0.1, 0.15) is 12.5 Å². The lowest BCUT2D eigenvalue weighted by atomic mass is 10.1. The van der Waals surface area contributed by atoms with E-state index in [2.05, 4.69) is 11.6 Å². The second kappa shape index (κ2) is 7.85. The van der Waals surface area contributed by atoms with Crippen LogP contribution in [0, 0.1) is 5.82 Å². The van der Waals surface area contributed by atoms with E-state index in [4.69, 9.17) is 5.10 Å². The first-order chi connectivity index (χ1) is 12.2. The van der Waals surface area contributed by atoms with Crippen molar-refractivity contribution < 1.29 is 4.39 Å². The van der Waals surface area contributed by atoms with E-state index in [1.807, 2.05) is 53.4 Å². The van der Waals surface area contributed by atoms with Gasteiger partial charge in [0, 0.05) is 16.5 Å². The standard InChI is InChI=1S/C20H18FN3S/c1-3-12-22-20-24(19(14-25-20)16-8-5-4-6-9-16)23-15(2)17-10-7-11-18(21)13-17/h3-11,13-14H,1,12H2,2H3. The molecule has 0 aliphatic rings. The van der Waals surface area contributed by atoms with E-state index >= 15 is 0 Å². The van der Waals surface area contributed by atoms with Gasteiger partial charge in [-0.15, -0.1) is 17.9 Å². The zero-order valence-corrected chi connectivity index (χ0v) is 14.7. The molecule has 0 spiro atoms. The molecule has 0 aliphatic carbocycles. The van der Waals surface area contributed by atoms with Gasteiger partial charge in [-0.1, -0.05) is 48.5 Å². The van der Waals surface area contributed by atoms with Gasteiger partial charge >= 0.3 is 0 Å².